The molecule has 0 bridgehead atoms. The van der Waals surface area contributed by atoms with Crippen molar-refractivity contribution in [3.8, 4) is 17.1 Å². The van der Waals surface area contributed by atoms with Crippen LogP contribution in [0.25, 0.3) is 28.2 Å². The Labute approximate surface area is 176 Å². The molecule has 0 radical (unpaired) electrons. The van der Waals surface area contributed by atoms with Gasteiger partial charge in [-0.1, -0.05) is 34.8 Å². The van der Waals surface area contributed by atoms with Gasteiger partial charge in [0.25, 0.3) is 0 Å². The van der Waals surface area contributed by atoms with Gasteiger partial charge in [0.05, 0.1) is 5.02 Å². The highest BCUT2D eigenvalue weighted by Gasteiger charge is 2.20. The second-order valence-corrected chi connectivity index (χ2v) is 7.26. The maximum atomic E-state index is 6.47. The van der Waals surface area contributed by atoms with E-state index in [1.165, 1.54) is 6.33 Å². The summed E-state index contributed by atoms with van der Waals surface area (Å²) in [5, 5.41) is 4.86. The zero-order valence-corrected chi connectivity index (χ0v) is 16.8. The molecule has 0 amide bonds. The van der Waals surface area contributed by atoms with Crippen LogP contribution >= 0.6 is 34.8 Å². The van der Waals surface area contributed by atoms with Gasteiger partial charge in [-0.3, -0.25) is 4.57 Å². The molecule has 3 N–H and O–H groups in total. The SMILES string of the molecule is NCCNc1ncnc2c1nc(-c1ccc(Cl)cc1Cl)n2-c1ccc(Cl)cc1. The molecule has 0 unspecified atom stereocenters. The summed E-state index contributed by atoms with van der Waals surface area (Å²) in [5.74, 6) is 1.23. The number of fused-ring (bicyclic) bond motifs is 1. The Morgan fingerprint density at radius 2 is 1.71 bits per heavy atom. The van der Waals surface area contributed by atoms with Gasteiger partial charge in [0, 0.05) is 34.4 Å². The highest BCUT2D eigenvalue weighted by Crippen LogP contribution is 2.35. The van der Waals surface area contributed by atoms with Crippen LogP contribution in [0.3, 0.4) is 0 Å². The average molecular weight is 434 g/mol. The van der Waals surface area contributed by atoms with Crippen LogP contribution in [0, 0.1) is 0 Å². The zero-order chi connectivity index (χ0) is 19.7. The van der Waals surface area contributed by atoms with E-state index in [1.54, 1.807) is 12.1 Å². The van der Waals surface area contributed by atoms with E-state index in [1.807, 2.05) is 34.9 Å². The van der Waals surface area contributed by atoms with Crippen LogP contribution in [0.15, 0.2) is 48.8 Å². The molecule has 2 heterocycles. The molecule has 28 heavy (non-hydrogen) atoms. The zero-order valence-electron chi connectivity index (χ0n) is 14.5. The topological polar surface area (TPSA) is 81.7 Å². The Morgan fingerprint density at radius 3 is 2.43 bits per heavy atom. The minimum Gasteiger partial charge on any atom is -0.367 e. The maximum absolute atomic E-state index is 6.47. The molecule has 0 saturated heterocycles. The summed E-state index contributed by atoms with van der Waals surface area (Å²) in [6.45, 7) is 1.04. The fourth-order valence-corrected chi connectivity index (χ4v) is 3.52. The number of halogens is 3. The van der Waals surface area contributed by atoms with Gasteiger partial charge in [-0.2, -0.15) is 0 Å². The lowest BCUT2D eigenvalue weighted by molar-refractivity contribution is 1.01. The molecule has 2 aromatic carbocycles. The van der Waals surface area contributed by atoms with E-state index in [-0.39, 0.29) is 0 Å². The predicted molar refractivity (Wildman–Crippen MR) is 115 cm³/mol. The molecular formula is C19H15Cl3N6. The molecule has 0 atom stereocenters. The molecule has 0 aliphatic carbocycles. The normalized spacial score (nSPS) is 11.1. The van der Waals surface area contributed by atoms with Crippen molar-refractivity contribution in [3.63, 3.8) is 0 Å². The first-order valence-electron chi connectivity index (χ1n) is 8.47. The number of nitrogens with one attached hydrogen (secondary N) is 1. The van der Waals surface area contributed by atoms with E-state index >= 15 is 0 Å². The molecule has 2 aromatic heterocycles. The number of rotatable bonds is 5. The fraction of sp³-hybridized carbons (Fsp3) is 0.105. The summed E-state index contributed by atoms with van der Waals surface area (Å²) in [4.78, 5) is 13.6. The van der Waals surface area contributed by atoms with Gasteiger partial charge in [-0.25, -0.2) is 15.0 Å². The van der Waals surface area contributed by atoms with Crippen LogP contribution in [-0.4, -0.2) is 32.6 Å². The maximum Gasteiger partial charge on any atom is 0.170 e. The van der Waals surface area contributed by atoms with Gasteiger partial charge >= 0.3 is 0 Å². The number of nitrogens with zero attached hydrogens (tertiary/aromatic N) is 4. The number of benzene rings is 2. The number of hydrogen-bond donors (Lipinski definition) is 2. The van der Waals surface area contributed by atoms with Crippen LogP contribution in [0.4, 0.5) is 5.82 Å². The van der Waals surface area contributed by atoms with Crippen molar-refractivity contribution in [1.82, 2.24) is 19.5 Å². The van der Waals surface area contributed by atoms with Crippen LogP contribution in [0.2, 0.25) is 15.1 Å². The smallest absolute Gasteiger partial charge is 0.170 e. The van der Waals surface area contributed by atoms with Crippen LogP contribution < -0.4 is 11.1 Å². The third-order valence-electron chi connectivity index (χ3n) is 4.14. The van der Waals surface area contributed by atoms with Gasteiger partial charge in [0.15, 0.2) is 17.0 Å². The van der Waals surface area contributed by atoms with Gasteiger partial charge in [-0.05, 0) is 42.5 Å². The first kappa shape index (κ1) is 19.0. The van der Waals surface area contributed by atoms with Crippen LogP contribution in [-0.2, 0) is 0 Å². The first-order valence-corrected chi connectivity index (χ1v) is 9.60. The molecule has 6 nitrogen and oxygen atoms in total. The van der Waals surface area contributed by atoms with Crippen molar-refractivity contribution >= 4 is 51.8 Å². The van der Waals surface area contributed by atoms with Gasteiger partial charge in [0.2, 0.25) is 0 Å². The van der Waals surface area contributed by atoms with Gasteiger partial charge in [0.1, 0.15) is 12.2 Å². The van der Waals surface area contributed by atoms with E-state index in [2.05, 4.69) is 15.3 Å². The summed E-state index contributed by atoms with van der Waals surface area (Å²) in [5.41, 5.74) is 8.44. The van der Waals surface area contributed by atoms with E-state index in [4.69, 9.17) is 45.5 Å². The Hall–Kier alpha value is -2.38. The lowest BCUT2D eigenvalue weighted by Gasteiger charge is -2.10. The van der Waals surface area contributed by atoms with Crippen molar-refractivity contribution in [2.75, 3.05) is 18.4 Å². The van der Waals surface area contributed by atoms with Gasteiger partial charge in [-0.15, -0.1) is 0 Å². The standard InChI is InChI=1S/C19H15Cl3N6/c20-11-1-4-13(5-2-11)28-18(14-6-3-12(21)9-15(14)22)27-16-17(24-8-7-23)25-10-26-19(16)28/h1-6,9-10H,7-8,23H2,(H,24,25,26). The summed E-state index contributed by atoms with van der Waals surface area (Å²) in [7, 11) is 0. The molecule has 4 rings (SSSR count). The molecule has 0 fully saturated rings. The fourth-order valence-electron chi connectivity index (χ4n) is 2.90. The Morgan fingerprint density at radius 1 is 0.964 bits per heavy atom. The number of aromatic nitrogens is 4. The lowest BCUT2D eigenvalue weighted by atomic mass is 10.2. The minimum atomic E-state index is 0.471. The molecule has 9 heteroatoms. The van der Waals surface area contributed by atoms with Crippen molar-refractivity contribution in [2.45, 2.75) is 0 Å². The summed E-state index contributed by atoms with van der Waals surface area (Å²) >= 11 is 18.6. The molecule has 0 spiro atoms. The second-order valence-electron chi connectivity index (χ2n) is 5.98. The average Bonchev–Trinajstić information content (AvgIpc) is 3.07. The van der Waals surface area contributed by atoms with E-state index in [0.29, 0.717) is 51.0 Å². The van der Waals surface area contributed by atoms with Crippen molar-refractivity contribution in [1.29, 1.82) is 0 Å². The number of anilines is 1. The minimum absolute atomic E-state index is 0.471. The van der Waals surface area contributed by atoms with Crippen molar-refractivity contribution < 1.29 is 0 Å². The number of imidazole rings is 1. The van der Waals surface area contributed by atoms with Crippen molar-refractivity contribution in [2.24, 2.45) is 5.73 Å². The lowest BCUT2D eigenvalue weighted by Crippen LogP contribution is -2.14. The number of nitrogens with two attached hydrogens (primary N) is 1. The first-order chi connectivity index (χ1) is 13.6. The monoisotopic (exact) mass is 432 g/mol. The number of hydrogen-bond acceptors (Lipinski definition) is 5. The molecule has 4 aromatic rings. The summed E-state index contributed by atoms with van der Waals surface area (Å²) in [6.07, 6.45) is 1.49. The van der Waals surface area contributed by atoms with Crippen LogP contribution in [0.1, 0.15) is 0 Å². The second kappa shape index (κ2) is 7.93. The molecule has 0 saturated carbocycles. The van der Waals surface area contributed by atoms with E-state index in [9.17, 15) is 0 Å². The Balaban J connectivity index is 2.01. The Bertz CT molecular complexity index is 1140. The van der Waals surface area contributed by atoms with Gasteiger partial charge < -0.3 is 11.1 Å². The highest BCUT2D eigenvalue weighted by molar-refractivity contribution is 6.36. The van der Waals surface area contributed by atoms with E-state index in [0.717, 1.165) is 11.3 Å². The molecular weight excluding hydrogens is 419 g/mol. The predicted octanol–water partition coefficient (Wildman–Crippen LogP) is 4.81. The quantitative estimate of drug-likeness (QED) is 0.472. The van der Waals surface area contributed by atoms with E-state index < -0.39 is 0 Å². The Kier molecular flexibility index (Phi) is 5.37. The van der Waals surface area contributed by atoms with Crippen LogP contribution in [0.5, 0.6) is 0 Å². The summed E-state index contributed by atoms with van der Waals surface area (Å²) in [6, 6.07) is 12.7. The van der Waals surface area contributed by atoms with Crippen molar-refractivity contribution in [3.05, 3.63) is 63.9 Å². The third kappa shape index (κ3) is 3.52. The summed E-state index contributed by atoms with van der Waals surface area (Å²) < 4.78 is 1.91. The highest BCUT2D eigenvalue weighted by atomic mass is 35.5. The molecule has 142 valence electrons. The molecule has 0 aliphatic heterocycles. The largest absolute Gasteiger partial charge is 0.367 e. The molecule has 0 aliphatic rings. The third-order valence-corrected chi connectivity index (χ3v) is 4.94.